The topological polar surface area (TPSA) is 47.3 Å². The minimum Gasteiger partial charge on any atom is -0.344 e. The fourth-order valence-electron chi connectivity index (χ4n) is 3.36. The van der Waals surface area contributed by atoms with Crippen molar-refractivity contribution >= 4 is 35.0 Å². The Balaban J connectivity index is 1.65. The molecule has 0 bridgehead atoms. The molecule has 0 saturated carbocycles. The predicted octanol–water partition coefficient (Wildman–Crippen LogP) is 4.70. The lowest BCUT2D eigenvalue weighted by Crippen LogP contribution is -2.47. The maximum Gasteiger partial charge on any atom is 0.229 e. The zero-order valence-electron chi connectivity index (χ0n) is 14.2. The van der Waals surface area contributed by atoms with E-state index in [4.69, 9.17) is 11.6 Å². The Bertz CT molecular complexity index is 953. The maximum absolute atomic E-state index is 13.2. The highest BCUT2D eigenvalue weighted by atomic mass is 35.5. The van der Waals surface area contributed by atoms with Gasteiger partial charge in [0.15, 0.2) is 0 Å². The second-order valence-electron chi connectivity index (χ2n) is 6.39. The Kier molecular flexibility index (Phi) is 4.81. The first-order chi connectivity index (χ1) is 13.1. The summed E-state index contributed by atoms with van der Waals surface area (Å²) in [4.78, 5) is 16.6. The highest BCUT2D eigenvalue weighted by Gasteiger charge is 2.38. The van der Waals surface area contributed by atoms with E-state index in [0.29, 0.717) is 28.2 Å². The van der Waals surface area contributed by atoms with Crippen LogP contribution in [0.3, 0.4) is 0 Å². The second kappa shape index (κ2) is 7.26. The third kappa shape index (κ3) is 3.41. The minimum absolute atomic E-state index is 0.0375. The molecule has 2 aliphatic rings. The molecule has 0 N–H and O–H groups in total. The molecule has 27 heavy (non-hydrogen) atoms. The molecule has 0 aromatic heterocycles. The molecule has 4 nitrogen and oxygen atoms in total. The van der Waals surface area contributed by atoms with Crippen LogP contribution in [0.1, 0.15) is 17.9 Å². The van der Waals surface area contributed by atoms with E-state index in [1.807, 2.05) is 24.3 Å². The molecule has 2 aromatic rings. The van der Waals surface area contributed by atoms with E-state index >= 15 is 0 Å². The molecule has 1 atom stereocenters. The average Bonchev–Trinajstić information content (AvgIpc) is 2.69. The van der Waals surface area contributed by atoms with Crippen LogP contribution in [-0.4, -0.2) is 23.4 Å². The molecule has 0 unspecified atom stereocenters. The van der Waals surface area contributed by atoms with Crippen LogP contribution in [0.5, 0.6) is 0 Å². The number of nitriles is 1. The monoisotopic (exact) mass is 399 g/mol. The van der Waals surface area contributed by atoms with E-state index in [-0.39, 0.29) is 24.1 Å². The van der Waals surface area contributed by atoms with Crippen LogP contribution in [0.15, 0.2) is 59.1 Å². The van der Waals surface area contributed by atoms with Crippen molar-refractivity contribution in [3.8, 4) is 6.07 Å². The molecular formula is C20H15ClFN3OS. The number of nitrogens with zero attached hydrogens (tertiary/aromatic N) is 3. The average molecular weight is 400 g/mol. The Morgan fingerprint density at radius 2 is 1.85 bits per heavy atom. The van der Waals surface area contributed by atoms with Crippen LogP contribution >= 0.6 is 23.4 Å². The van der Waals surface area contributed by atoms with Crippen molar-refractivity contribution in [3.05, 3.63) is 75.5 Å². The van der Waals surface area contributed by atoms with E-state index in [9.17, 15) is 14.4 Å². The maximum atomic E-state index is 13.2. The van der Waals surface area contributed by atoms with Crippen molar-refractivity contribution in [3.63, 3.8) is 0 Å². The van der Waals surface area contributed by atoms with Gasteiger partial charge < -0.3 is 4.90 Å². The summed E-state index contributed by atoms with van der Waals surface area (Å²) in [5.41, 5.74) is 2.33. The van der Waals surface area contributed by atoms with Crippen LogP contribution < -0.4 is 4.90 Å². The summed E-state index contributed by atoms with van der Waals surface area (Å²) < 4.78 is 13.2. The van der Waals surface area contributed by atoms with Gasteiger partial charge in [-0.2, -0.15) is 5.26 Å². The molecule has 0 spiro atoms. The van der Waals surface area contributed by atoms with E-state index in [1.54, 1.807) is 17.0 Å². The standard InChI is InChI=1S/C20H15ClFN3OS/c21-14-3-7-16(8-4-14)24-11-25-19(26)9-17(13-1-5-15(22)6-2-13)18(10-23)20(25)27-12-24/h1-8,17H,9,11-12H2/t17-/m0/s1. The van der Waals surface area contributed by atoms with Gasteiger partial charge in [-0.3, -0.25) is 9.69 Å². The largest absolute Gasteiger partial charge is 0.344 e. The van der Waals surface area contributed by atoms with Gasteiger partial charge in [-0.25, -0.2) is 4.39 Å². The van der Waals surface area contributed by atoms with Gasteiger partial charge >= 0.3 is 0 Å². The molecule has 0 radical (unpaired) electrons. The zero-order chi connectivity index (χ0) is 19.0. The first-order valence-electron chi connectivity index (χ1n) is 8.40. The van der Waals surface area contributed by atoms with Crippen LogP contribution in [0.2, 0.25) is 5.02 Å². The number of anilines is 1. The number of amides is 1. The van der Waals surface area contributed by atoms with Crippen molar-refractivity contribution < 1.29 is 9.18 Å². The molecule has 0 aliphatic carbocycles. The lowest BCUT2D eigenvalue weighted by molar-refractivity contribution is -0.129. The number of rotatable bonds is 2. The number of thioether (sulfide) groups is 1. The summed E-state index contributed by atoms with van der Waals surface area (Å²) in [6, 6.07) is 15.8. The lowest BCUT2D eigenvalue weighted by atomic mass is 9.86. The zero-order valence-corrected chi connectivity index (χ0v) is 15.8. The summed E-state index contributed by atoms with van der Waals surface area (Å²) in [7, 11) is 0. The Labute approximate surface area is 165 Å². The number of fused-ring (bicyclic) bond motifs is 1. The quantitative estimate of drug-likeness (QED) is 0.734. The summed E-state index contributed by atoms with van der Waals surface area (Å²) in [6.45, 7) is 0.393. The summed E-state index contributed by atoms with van der Waals surface area (Å²) in [5.74, 6) is -0.0741. The number of hydrogen-bond acceptors (Lipinski definition) is 4. The number of allylic oxidation sites excluding steroid dienone is 1. The van der Waals surface area contributed by atoms with Gasteiger partial charge in [0.05, 0.1) is 29.2 Å². The van der Waals surface area contributed by atoms with Crippen LogP contribution in [0.4, 0.5) is 10.1 Å². The van der Waals surface area contributed by atoms with Crippen molar-refractivity contribution in [1.29, 1.82) is 5.26 Å². The number of benzene rings is 2. The molecule has 136 valence electrons. The number of carbonyl (C=O) groups is 1. The van der Waals surface area contributed by atoms with E-state index in [1.165, 1.54) is 23.9 Å². The fraction of sp³-hybridized carbons (Fsp3) is 0.200. The first kappa shape index (κ1) is 17.9. The Morgan fingerprint density at radius 3 is 2.52 bits per heavy atom. The van der Waals surface area contributed by atoms with Gasteiger partial charge in [0.2, 0.25) is 5.91 Å². The summed E-state index contributed by atoms with van der Waals surface area (Å²) >= 11 is 7.42. The van der Waals surface area contributed by atoms with Crippen molar-refractivity contribution in [2.24, 2.45) is 0 Å². The summed E-state index contributed by atoms with van der Waals surface area (Å²) in [5, 5.41) is 11.1. The molecule has 4 rings (SSSR count). The third-order valence-electron chi connectivity index (χ3n) is 4.76. The number of hydrogen-bond donors (Lipinski definition) is 0. The first-order valence-corrected chi connectivity index (χ1v) is 9.76. The van der Waals surface area contributed by atoms with Crippen molar-refractivity contribution in [1.82, 2.24) is 4.90 Å². The Morgan fingerprint density at radius 1 is 1.15 bits per heavy atom. The highest BCUT2D eigenvalue weighted by Crippen LogP contribution is 2.43. The summed E-state index contributed by atoms with van der Waals surface area (Å²) in [6.07, 6.45) is 0.201. The lowest BCUT2D eigenvalue weighted by Gasteiger charge is -2.42. The predicted molar refractivity (Wildman–Crippen MR) is 104 cm³/mol. The molecule has 7 heteroatoms. The smallest absolute Gasteiger partial charge is 0.229 e. The molecule has 2 aliphatic heterocycles. The van der Waals surface area contributed by atoms with Gasteiger partial charge in [0.25, 0.3) is 0 Å². The molecule has 1 amide bonds. The van der Waals surface area contributed by atoms with E-state index in [0.717, 1.165) is 11.3 Å². The van der Waals surface area contributed by atoms with Crippen molar-refractivity contribution in [2.75, 3.05) is 17.4 Å². The van der Waals surface area contributed by atoms with Gasteiger partial charge in [-0.1, -0.05) is 35.5 Å². The van der Waals surface area contributed by atoms with E-state index in [2.05, 4.69) is 11.0 Å². The molecule has 1 fully saturated rings. The van der Waals surface area contributed by atoms with Crippen LogP contribution in [-0.2, 0) is 4.79 Å². The van der Waals surface area contributed by atoms with Gasteiger partial charge in [0.1, 0.15) is 5.82 Å². The number of carbonyl (C=O) groups excluding carboxylic acids is 1. The molecule has 2 aromatic carbocycles. The number of halogens is 2. The van der Waals surface area contributed by atoms with Gasteiger partial charge in [0, 0.05) is 23.0 Å². The van der Waals surface area contributed by atoms with E-state index < -0.39 is 0 Å². The second-order valence-corrected chi connectivity index (χ2v) is 7.76. The van der Waals surface area contributed by atoms with Crippen LogP contribution in [0, 0.1) is 17.1 Å². The normalized spacial score (nSPS) is 19.7. The highest BCUT2D eigenvalue weighted by molar-refractivity contribution is 8.03. The van der Waals surface area contributed by atoms with Gasteiger partial charge in [-0.15, -0.1) is 0 Å². The van der Waals surface area contributed by atoms with Gasteiger partial charge in [-0.05, 0) is 42.0 Å². The SMILES string of the molecule is N#CC1=C2SCN(c3ccc(Cl)cc3)CN2C(=O)C[C@H]1c1ccc(F)cc1. The molecule has 1 saturated heterocycles. The fourth-order valence-corrected chi connectivity index (χ4v) is 4.65. The molecular weight excluding hydrogens is 385 g/mol. The van der Waals surface area contributed by atoms with Crippen molar-refractivity contribution in [2.45, 2.75) is 12.3 Å². The minimum atomic E-state index is -0.334. The van der Waals surface area contributed by atoms with Crippen LogP contribution in [0.25, 0.3) is 0 Å². The Hall–Kier alpha value is -2.49. The molecule has 2 heterocycles. The third-order valence-corrected chi connectivity index (χ3v) is 6.16.